The van der Waals surface area contributed by atoms with Gasteiger partial charge in [0.15, 0.2) is 0 Å². The van der Waals surface area contributed by atoms with Crippen LogP contribution in [-0.4, -0.2) is 6.04 Å². The van der Waals surface area contributed by atoms with Crippen molar-refractivity contribution in [2.24, 2.45) is 45.1 Å². The fourth-order valence-electron chi connectivity index (χ4n) is 10.0. The Labute approximate surface area is 164 Å². The minimum absolute atomic E-state index is 0.191. The molecule has 0 aromatic carbocycles. The maximum Gasteiger partial charge on any atom is 0.0194 e. The largest absolute Gasteiger partial charge is 0.328 e. The molecule has 1 heteroatoms. The molecule has 1 nitrogen and oxygen atoms in total. The summed E-state index contributed by atoms with van der Waals surface area (Å²) in [6.07, 6.45) is 18.4. The number of allylic oxidation sites excluding steroid dienone is 7. The maximum atomic E-state index is 6.55. The number of fused-ring (bicyclic) bond motifs is 3. The SMILES string of the molecule is C=CC(=C)C12CC(N)CC1CC1C2(C)CCC2C34C=CC(=C)C=C3CCC124. The predicted octanol–water partition coefficient (Wildman–Crippen LogP) is 5.72. The van der Waals surface area contributed by atoms with Gasteiger partial charge in [-0.1, -0.05) is 56.5 Å². The van der Waals surface area contributed by atoms with Gasteiger partial charge in [0.1, 0.15) is 0 Å². The van der Waals surface area contributed by atoms with E-state index in [4.69, 9.17) is 5.73 Å². The van der Waals surface area contributed by atoms with Crippen LogP contribution < -0.4 is 5.73 Å². The lowest BCUT2D eigenvalue weighted by Gasteiger charge is -2.52. The zero-order valence-electron chi connectivity index (χ0n) is 16.8. The molecule has 0 aromatic rings. The Morgan fingerprint density at radius 2 is 2.07 bits per heavy atom. The first-order chi connectivity index (χ1) is 12.9. The number of rotatable bonds is 2. The Balaban J connectivity index is 1.51. The molecule has 0 amide bonds. The monoisotopic (exact) mass is 359 g/mol. The molecule has 6 aliphatic carbocycles. The lowest BCUT2D eigenvalue weighted by Crippen LogP contribution is -2.46. The van der Waals surface area contributed by atoms with Gasteiger partial charge in [-0.25, -0.2) is 0 Å². The van der Waals surface area contributed by atoms with Crippen LogP contribution in [0.2, 0.25) is 0 Å². The fourth-order valence-corrected chi connectivity index (χ4v) is 10.0. The van der Waals surface area contributed by atoms with Crippen LogP contribution in [0.5, 0.6) is 0 Å². The van der Waals surface area contributed by atoms with Gasteiger partial charge in [0.25, 0.3) is 0 Å². The predicted molar refractivity (Wildman–Crippen MR) is 112 cm³/mol. The van der Waals surface area contributed by atoms with E-state index in [1.807, 2.05) is 0 Å². The number of hydrogen-bond donors (Lipinski definition) is 1. The highest BCUT2D eigenvalue weighted by Crippen LogP contribution is 2.92. The van der Waals surface area contributed by atoms with Crippen LogP contribution in [-0.2, 0) is 0 Å². The molecule has 0 radical (unpaired) electrons. The van der Waals surface area contributed by atoms with E-state index in [1.54, 1.807) is 5.57 Å². The summed E-state index contributed by atoms with van der Waals surface area (Å²) < 4.78 is 0. The first-order valence-corrected chi connectivity index (χ1v) is 11.0. The smallest absolute Gasteiger partial charge is 0.0194 e. The third kappa shape index (κ3) is 1.44. The van der Waals surface area contributed by atoms with Crippen molar-refractivity contribution in [2.75, 3.05) is 0 Å². The second kappa shape index (κ2) is 4.62. The molecule has 142 valence electrons. The second-order valence-corrected chi connectivity index (χ2v) is 10.9. The van der Waals surface area contributed by atoms with Crippen molar-refractivity contribution in [3.05, 3.63) is 60.8 Å². The lowest BCUT2D eigenvalue weighted by atomic mass is 9.51. The standard InChI is InChI=1S/C26H33N/c1-5-17(3)26-15-20(27)13-19(26)14-22-23(26,4)9-8-21-24-10-6-16(2)12-18(24)7-11-25(21,22)24/h5-6,10,12,19-22H,1-3,7-9,11,13-15,27H2,4H3. The fraction of sp³-hybridized carbons (Fsp3) is 0.615. The quantitative estimate of drug-likeness (QED) is 0.627. The molecule has 0 aromatic heterocycles. The van der Waals surface area contributed by atoms with Crippen molar-refractivity contribution in [1.82, 2.24) is 0 Å². The Kier molecular flexibility index (Phi) is 2.84. The van der Waals surface area contributed by atoms with Crippen molar-refractivity contribution in [2.45, 2.75) is 57.9 Å². The molecule has 6 aliphatic rings. The van der Waals surface area contributed by atoms with Crippen LogP contribution >= 0.6 is 0 Å². The molecule has 5 saturated carbocycles. The third-order valence-corrected chi connectivity index (χ3v) is 10.7. The van der Waals surface area contributed by atoms with E-state index in [9.17, 15) is 0 Å². The molecule has 6 rings (SSSR count). The minimum Gasteiger partial charge on any atom is -0.328 e. The Hall–Kier alpha value is -1.34. The highest BCUT2D eigenvalue weighted by atomic mass is 14.9. The van der Waals surface area contributed by atoms with Gasteiger partial charge in [-0.05, 0) is 84.7 Å². The lowest BCUT2D eigenvalue weighted by molar-refractivity contribution is -0.00568. The van der Waals surface area contributed by atoms with Gasteiger partial charge in [-0.3, -0.25) is 0 Å². The van der Waals surface area contributed by atoms with E-state index in [-0.39, 0.29) is 5.41 Å². The summed E-state index contributed by atoms with van der Waals surface area (Å²) in [4.78, 5) is 0. The van der Waals surface area contributed by atoms with E-state index in [2.05, 4.69) is 51.0 Å². The first-order valence-electron chi connectivity index (χ1n) is 11.0. The molecule has 2 N–H and O–H groups in total. The van der Waals surface area contributed by atoms with E-state index in [1.165, 1.54) is 49.7 Å². The highest BCUT2D eigenvalue weighted by Gasteiger charge is 2.86. The van der Waals surface area contributed by atoms with Crippen LogP contribution in [0.4, 0.5) is 0 Å². The molecule has 0 aliphatic heterocycles. The van der Waals surface area contributed by atoms with Gasteiger partial charge >= 0.3 is 0 Å². The van der Waals surface area contributed by atoms with Gasteiger partial charge < -0.3 is 5.73 Å². The Morgan fingerprint density at radius 1 is 1.26 bits per heavy atom. The summed E-state index contributed by atoms with van der Waals surface area (Å²) in [7, 11) is 0. The van der Waals surface area contributed by atoms with E-state index < -0.39 is 0 Å². The summed E-state index contributed by atoms with van der Waals surface area (Å²) in [5, 5.41) is 0. The molecule has 0 bridgehead atoms. The zero-order valence-corrected chi connectivity index (χ0v) is 16.8. The molecule has 8 atom stereocenters. The summed E-state index contributed by atoms with van der Waals surface area (Å²) in [5.41, 5.74) is 12.1. The molecule has 0 heterocycles. The highest BCUT2D eigenvalue weighted by molar-refractivity contribution is 5.56. The normalized spacial score (nSPS) is 56.5. The average Bonchev–Trinajstić information content (AvgIpc) is 2.90. The van der Waals surface area contributed by atoms with Gasteiger partial charge in [0.2, 0.25) is 0 Å². The zero-order chi connectivity index (χ0) is 18.8. The molecule has 5 fully saturated rings. The molecule has 27 heavy (non-hydrogen) atoms. The third-order valence-electron chi connectivity index (χ3n) is 10.7. The van der Waals surface area contributed by atoms with Crippen molar-refractivity contribution in [3.63, 3.8) is 0 Å². The molecule has 2 spiro atoms. The van der Waals surface area contributed by atoms with Crippen LogP contribution in [0.25, 0.3) is 0 Å². The summed E-state index contributed by atoms with van der Waals surface area (Å²) in [5.74, 6) is 2.38. The van der Waals surface area contributed by atoms with Gasteiger partial charge in [0.05, 0.1) is 0 Å². The van der Waals surface area contributed by atoms with Crippen LogP contribution in [0, 0.1) is 39.4 Å². The van der Waals surface area contributed by atoms with E-state index >= 15 is 0 Å². The number of nitrogens with two attached hydrogens (primary N) is 1. The van der Waals surface area contributed by atoms with E-state index in [0.717, 1.165) is 18.3 Å². The van der Waals surface area contributed by atoms with Gasteiger partial charge in [0, 0.05) is 16.9 Å². The average molecular weight is 360 g/mol. The molecule has 0 saturated heterocycles. The minimum atomic E-state index is 0.191. The number of hydrogen-bond acceptors (Lipinski definition) is 1. The molecular weight excluding hydrogens is 326 g/mol. The Bertz CT molecular complexity index is 859. The summed E-state index contributed by atoms with van der Waals surface area (Å²) in [6.45, 7) is 15.6. The second-order valence-electron chi connectivity index (χ2n) is 10.9. The molecular formula is C26H33N. The van der Waals surface area contributed by atoms with Crippen molar-refractivity contribution < 1.29 is 0 Å². The topological polar surface area (TPSA) is 26.0 Å². The van der Waals surface area contributed by atoms with Crippen molar-refractivity contribution in [1.29, 1.82) is 0 Å². The van der Waals surface area contributed by atoms with Crippen LogP contribution in [0.15, 0.2) is 60.8 Å². The van der Waals surface area contributed by atoms with Crippen LogP contribution in [0.3, 0.4) is 0 Å². The molecule has 8 unspecified atom stereocenters. The van der Waals surface area contributed by atoms with Crippen LogP contribution in [0.1, 0.15) is 51.9 Å². The van der Waals surface area contributed by atoms with Gasteiger partial charge in [-0.15, -0.1) is 0 Å². The maximum absolute atomic E-state index is 6.55. The Morgan fingerprint density at radius 3 is 2.85 bits per heavy atom. The summed E-state index contributed by atoms with van der Waals surface area (Å²) >= 11 is 0. The summed E-state index contributed by atoms with van der Waals surface area (Å²) in [6, 6.07) is 0.338. The van der Waals surface area contributed by atoms with Crippen molar-refractivity contribution >= 4 is 0 Å². The first kappa shape index (κ1) is 16.6. The van der Waals surface area contributed by atoms with Gasteiger partial charge in [-0.2, -0.15) is 0 Å². The van der Waals surface area contributed by atoms with Crippen molar-refractivity contribution in [3.8, 4) is 0 Å². The van der Waals surface area contributed by atoms with E-state index in [0.29, 0.717) is 28.2 Å².